The molecule has 9 nitrogen and oxygen atoms in total. The highest BCUT2D eigenvalue weighted by atomic mass is 31.2. The molecule has 0 fully saturated rings. The standard InChI is InChI=1S/C34H33N3O3.C5H12.C2H6.CH5O3P/c1-35-32(36-33(39)28-15-6-2-7-16-28)23-25-37(27-38)24-14-26-40-34(29-17-8-3-9-18-29,30-19-10-4-11-20-30)31-21-12-5-13-22-31;1-3-5-4-2;1-2;2-1-5(3)4/h2-13,15-23,25,27H,14,24,26H2,1H3,(H,35,36,39);3-5H2,1-2H3;1-2H3;2-4H,1H2/b25-23-;;;. The third kappa shape index (κ3) is 16.2. The Balaban J connectivity index is 0.000000981. The number of amides is 2. The van der Waals surface area contributed by atoms with Crippen molar-refractivity contribution < 1.29 is 29.2 Å². The number of amidine groups is 1. The van der Waals surface area contributed by atoms with Crippen LogP contribution in [0.25, 0.3) is 0 Å². The van der Waals surface area contributed by atoms with Gasteiger partial charge >= 0.3 is 0 Å². The highest BCUT2D eigenvalue weighted by Gasteiger charge is 2.37. The predicted octanol–water partition coefficient (Wildman–Crippen LogP) is 8.27. The summed E-state index contributed by atoms with van der Waals surface area (Å²) in [6.07, 6.45) is 8.12. The summed E-state index contributed by atoms with van der Waals surface area (Å²) in [6.45, 7) is 9.25. The lowest BCUT2D eigenvalue weighted by molar-refractivity contribution is -0.116. The van der Waals surface area contributed by atoms with E-state index in [9.17, 15) is 9.59 Å². The molecule has 4 rings (SSSR count). The van der Waals surface area contributed by atoms with Gasteiger partial charge in [-0.15, -0.1) is 0 Å². The molecule has 0 saturated heterocycles. The summed E-state index contributed by atoms with van der Waals surface area (Å²) in [5, 5.41) is 10.4. The van der Waals surface area contributed by atoms with Gasteiger partial charge in [0.2, 0.25) is 6.41 Å². The molecule has 2 amide bonds. The molecule has 0 radical (unpaired) electrons. The zero-order valence-electron chi connectivity index (χ0n) is 31.1. The first-order valence-corrected chi connectivity index (χ1v) is 19.1. The van der Waals surface area contributed by atoms with Crippen LogP contribution in [-0.2, 0) is 15.1 Å². The van der Waals surface area contributed by atoms with Crippen molar-refractivity contribution in [1.29, 1.82) is 0 Å². The van der Waals surface area contributed by atoms with Crippen LogP contribution in [0.2, 0.25) is 0 Å². The molecule has 10 heteroatoms. The van der Waals surface area contributed by atoms with E-state index in [1.54, 1.807) is 43.6 Å². The number of aliphatic hydroxyl groups is 1. The van der Waals surface area contributed by atoms with Crippen molar-refractivity contribution >= 4 is 26.5 Å². The van der Waals surface area contributed by atoms with Crippen molar-refractivity contribution in [2.75, 3.05) is 26.5 Å². The normalized spacial score (nSPS) is 10.9. The molecule has 4 N–H and O–H groups in total. The van der Waals surface area contributed by atoms with E-state index in [1.165, 1.54) is 24.2 Å². The van der Waals surface area contributed by atoms with Gasteiger partial charge in [-0.25, -0.2) is 0 Å². The number of carbonyl (C=O) groups excluding carboxylic acids is 2. The molecule has 0 aliphatic heterocycles. The van der Waals surface area contributed by atoms with Gasteiger partial charge in [0.15, 0.2) is 8.38 Å². The molecule has 0 aliphatic rings. The number of rotatable bonds is 15. The van der Waals surface area contributed by atoms with Crippen LogP contribution in [0.3, 0.4) is 0 Å². The predicted molar refractivity (Wildman–Crippen MR) is 214 cm³/mol. The van der Waals surface area contributed by atoms with Crippen LogP contribution >= 0.6 is 8.38 Å². The number of hydrogen-bond donors (Lipinski definition) is 4. The maximum Gasteiger partial charge on any atom is 0.256 e. The first kappa shape index (κ1) is 45.5. The van der Waals surface area contributed by atoms with Crippen LogP contribution in [0.1, 0.15) is 80.4 Å². The zero-order valence-corrected chi connectivity index (χ0v) is 32.0. The summed E-state index contributed by atoms with van der Waals surface area (Å²) in [7, 11) is -0.459. The van der Waals surface area contributed by atoms with Crippen LogP contribution in [0.15, 0.2) is 139 Å². The van der Waals surface area contributed by atoms with Crippen LogP contribution in [0, 0.1) is 0 Å². The van der Waals surface area contributed by atoms with Crippen LogP contribution in [0.4, 0.5) is 0 Å². The molecule has 0 spiro atoms. The summed E-state index contributed by atoms with van der Waals surface area (Å²) in [5.41, 5.74) is 2.79. The molecule has 0 bridgehead atoms. The van der Waals surface area contributed by atoms with Gasteiger partial charge in [-0.3, -0.25) is 14.6 Å². The Morgan fingerprint density at radius 1 is 0.788 bits per heavy atom. The summed E-state index contributed by atoms with van der Waals surface area (Å²) in [6, 6.07) is 39.4. The molecule has 0 unspecified atom stereocenters. The second-order valence-corrected chi connectivity index (χ2v) is 12.0. The van der Waals surface area contributed by atoms with Gasteiger partial charge in [0.05, 0.1) is 6.61 Å². The number of ether oxygens (including phenoxy) is 1. The van der Waals surface area contributed by atoms with Crippen LogP contribution in [0.5, 0.6) is 0 Å². The van der Waals surface area contributed by atoms with Gasteiger partial charge in [-0.2, -0.15) is 0 Å². The van der Waals surface area contributed by atoms with Crippen molar-refractivity contribution in [3.05, 3.63) is 156 Å². The first-order chi connectivity index (χ1) is 25.4. The summed E-state index contributed by atoms with van der Waals surface area (Å²) < 4.78 is 6.78. The number of carbonyl (C=O) groups is 2. The zero-order chi connectivity index (χ0) is 38.5. The molecule has 0 aromatic heterocycles. The highest BCUT2D eigenvalue weighted by Crippen LogP contribution is 2.40. The van der Waals surface area contributed by atoms with Gasteiger partial charge < -0.3 is 29.8 Å². The van der Waals surface area contributed by atoms with Crippen molar-refractivity contribution in [2.24, 2.45) is 4.99 Å². The fraction of sp³-hybridized carbons (Fsp3) is 0.310. The SMILES string of the molecule is CC.CCCCC.CN=C(/C=C\N(C=O)CCCOC(c1ccccc1)(c1ccccc1)c1ccccc1)NC(=O)c1ccccc1.OCP(O)O. The Hall–Kier alpha value is -4.50. The molecule has 0 heterocycles. The number of aliphatic hydroxyl groups excluding tert-OH is 1. The Bertz CT molecular complexity index is 1440. The Morgan fingerprint density at radius 2 is 1.21 bits per heavy atom. The number of benzene rings is 4. The van der Waals surface area contributed by atoms with Crippen LogP contribution in [-0.4, -0.2) is 64.5 Å². The van der Waals surface area contributed by atoms with Crippen molar-refractivity contribution in [3.63, 3.8) is 0 Å². The molecule has 0 saturated carbocycles. The average molecular weight is 730 g/mol. The average Bonchev–Trinajstić information content (AvgIpc) is 3.21. The third-order valence-electron chi connectivity index (χ3n) is 7.33. The fourth-order valence-corrected chi connectivity index (χ4v) is 4.87. The second-order valence-electron chi connectivity index (χ2n) is 10.9. The van der Waals surface area contributed by atoms with E-state index < -0.39 is 20.3 Å². The number of hydrogen-bond acceptors (Lipinski definition) is 7. The topological polar surface area (TPSA) is 132 Å². The molecular formula is C42H56N3O6P. The first-order valence-electron chi connectivity index (χ1n) is 17.6. The van der Waals surface area contributed by atoms with E-state index in [2.05, 4.69) is 60.6 Å². The van der Waals surface area contributed by atoms with Crippen molar-refractivity contribution in [1.82, 2.24) is 10.2 Å². The number of unbranched alkanes of at least 4 members (excludes halogenated alkanes) is 2. The lowest BCUT2D eigenvalue weighted by atomic mass is 9.80. The van der Waals surface area contributed by atoms with E-state index in [0.717, 1.165) is 23.1 Å². The van der Waals surface area contributed by atoms with Gasteiger partial charge in [-0.1, -0.05) is 156 Å². The maximum absolute atomic E-state index is 12.5. The summed E-state index contributed by atoms with van der Waals surface area (Å²) >= 11 is 0. The minimum Gasteiger partial charge on any atom is -0.387 e. The lowest BCUT2D eigenvalue weighted by Crippen LogP contribution is -2.34. The molecule has 0 aliphatic carbocycles. The Labute approximate surface area is 311 Å². The Morgan fingerprint density at radius 3 is 1.56 bits per heavy atom. The minimum absolute atomic E-state index is 0.268. The molecule has 52 heavy (non-hydrogen) atoms. The van der Waals surface area contributed by atoms with E-state index >= 15 is 0 Å². The molecule has 0 atom stereocenters. The van der Waals surface area contributed by atoms with Gasteiger partial charge in [-0.05, 0) is 41.3 Å². The maximum atomic E-state index is 12.5. The molecule has 280 valence electrons. The van der Waals surface area contributed by atoms with E-state index in [4.69, 9.17) is 19.6 Å². The van der Waals surface area contributed by atoms with Crippen LogP contribution < -0.4 is 5.32 Å². The van der Waals surface area contributed by atoms with E-state index in [1.807, 2.05) is 74.5 Å². The van der Waals surface area contributed by atoms with Crippen molar-refractivity contribution in [3.8, 4) is 0 Å². The highest BCUT2D eigenvalue weighted by molar-refractivity contribution is 7.44. The Kier molecular flexibility index (Phi) is 24.6. The molecule has 4 aromatic rings. The monoisotopic (exact) mass is 729 g/mol. The molecule has 4 aromatic carbocycles. The number of nitrogens with zero attached hydrogens (tertiary/aromatic N) is 2. The number of aliphatic imine (C=N–C) groups is 1. The van der Waals surface area contributed by atoms with Gasteiger partial charge in [0, 0.05) is 25.4 Å². The third-order valence-corrected chi connectivity index (χ3v) is 7.58. The minimum atomic E-state index is -2.04. The lowest BCUT2D eigenvalue weighted by Gasteiger charge is -2.36. The summed E-state index contributed by atoms with van der Waals surface area (Å²) in [5.74, 6) is 0.0872. The van der Waals surface area contributed by atoms with Crippen molar-refractivity contribution in [2.45, 2.75) is 59.0 Å². The summed E-state index contributed by atoms with van der Waals surface area (Å²) in [4.78, 5) is 45.4. The quantitative estimate of drug-likeness (QED) is 0.0243. The number of nitrogens with one attached hydrogen (secondary N) is 1. The van der Waals surface area contributed by atoms with E-state index in [-0.39, 0.29) is 5.91 Å². The largest absolute Gasteiger partial charge is 0.387 e. The smallest absolute Gasteiger partial charge is 0.256 e. The van der Waals surface area contributed by atoms with E-state index in [0.29, 0.717) is 31.0 Å². The van der Waals surface area contributed by atoms with Gasteiger partial charge in [0.25, 0.3) is 5.91 Å². The second kappa shape index (κ2) is 28.1. The van der Waals surface area contributed by atoms with Gasteiger partial charge in [0.1, 0.15) is 17.8 Å². The molecular weight excluding hydrogens is 673 g/mol. The fourth-order valence-electron chi connectivity index (χ4n) is 4.87.